The lowest BCUT2D eigenvalue weighted by atomic mass is 9.92. The van der Waals surface area contributed by atoms with Gasteiger partial charge in [0.1, 0.15) is 19.9 Å². The van der Waals surface area contributed by atoms with Crippen LogP contribution in [0.5, 0.6) is 0 Å². The molecule has 0 radical (unpaired) electrons. The summed E-state index contributed by atoms with van der Waals surface area (Å²) < 4.78 is 46.8. The Labute approximate surface area is 128 Å². The van der Waals surface area contributed by atoms with Crippen LogP contribution in [0.2, 0.25) is 5.15 Å². The maximum Gasteiger partial charge on any atom is 0.266 e. The number of aromatic nitrogens is 2. The lowest BCUT2D eigenvalue weighted by Crippen LogP contribution is -2.16. The molecule has 1 aromatic heterocycles. The van der Waals surface area contributed by atoms with Crippen LogP contribution < -0.4 is 0 Å². The highest BCUT2D eigenvalue weighted by atomic mass is 35.7. The summed E-state index contributed by atoms with van der Waals surface area (Å²) in [5.41, 5.74) is -0.386. The van der Waals surface area contributed by atoms with Crippen molar-refractivity contribution in [3.8, 4) is 0 Å². The van der Waals surface area contributed by atoms with Gasteiger partial charge in [0, 0.05) is 22.4 Å². The zero-order chi connectivity index (χ0) is 15.9. The van der Waals surface area contributed by atoms with Gasteiger partial charge < -0.3 is 0 Å². The quantitative estimate of drug-likeness (QED) is 0.762. The number of rotatable bonds is 4. The van der Waals surface area contributed by atoms with Gasteiger partial charge in [0.05, 0.1) is 18.0 Å². The summed E-state index contributed by atoms with van der Waals surface area (Å²) in [5.74, 6) is -0.195. The highest BCUT2D eigenvalue weighted by Crippen LogP contribution is 2.35. The molecule has 1 heterocycles. The Kier molecular flexibility index (Phi) is 4.85. The number of hydrogen-bond donors (Lipinski definition) is 0. The van der Waals surface area contributed by atoms with Crippen molar-refractivity contribution in [1.29, 1.82) is 0 Å². The average Bonchev–Trinajstić information content (AvgIpc) is 2.50. The van der Waals surface area contributed by atoms with E-state index in [0.717, 1.165) is 10.9 Å². The van der Waals surface area contributed by atoms with E-state index >= 15 is 0 Å². The van der Waals surface area contributed by atoms with Crippen molar-refractivity contribution < 1.29 is 16.8 Å². The first-order valence-electron chi connectivity index (χ1n) is 5.62. The Hall–Kier alpha value is -0.310. The van der Waals surface area contributed by atoms with Crippen LogP contribution in [0.1, 0.15) is 26.5 Å². The highest BCUT2D eigenvalue weighted by molar-refractivity contribution is 8.13. The predicted octanol–water partition coefficient (Wildman–Crippen LogP) is 1.81. The molecule has 0 N–H and O–H groups in total. The third kappa shape index (κ3) is 4.34. The number of nitrogens with zero attached hydrogens (tertiary/aromatic N) is 2. The standard InChI is InChI=1S/C10H16Cl2N2O4S2/c1-10(2,3)8-7(20(12,17)18)9(11)14(13-8)5-6-19(4,15)16/h5-6H2,1-4H3. The van der Waals surface area contributed by atoms with E-state index in [0.29, 0.717) is 0 Å². The molecule has 10 heteroatoms. The minimum atomic E-state index is -4.07. The Bertz CT molecular complexity index is 715. The van der Waals surface area contributed by atoms with Crippen LogP contribution in [-0.2, 0) is 30.8 Å². The summed E-state index contributed by atoms with van der Waals surface area (Å²) in [7, 11) is -1.89. The van der Waals surface area contributed by atoms with E-state index in [4.69, 9.17) is 22.3 Å². The van der Waals surface area contributed by atoms with Crippen LogP contribution in [0, 0.1) is 0 Å². The molecule has 0 saturated heterocycles. The van der Waals surface area contributed by atoms with E-state index in [9.17, 15) is 16.8 Å². The lowest BCUT2D eigenvalue weighted by molar-refractivity contribution is 0.529. The van der Waals surface area contributed by atoms with Gasteiger partial charge in [-0.2, -0.15) is 5.10 Å². The largest absolute Gasteiger partial charge is 0.266 e. The first kappa shape index (κ1) is 17.7. The fraction of sp³-hybridized carbons (Fsp3) is 0.700. The topological polar surface area (TPSA) is 86.1 Å². The fourth-order valence-electron chi connectivity index (χ4n) is 1.53. The molecule has 0 aliphatic carbocycles. The van der Waals surface area contributed by atoms with Crippen molar-refractivity contribution in [3.63, 3.8) is 0 Å². The summed E-state index contributed by atoms with van der Waals surface area (Å²) in [6.45, 7) is 5.25. The number of sulfone groups is 1. The summed E-state index contributed by atoms with van der Waals surface area (Å²) in [6, 6.07) is 0. The molecule has 6 nitrogen and oxygen atoms in total. The Morgan fingerprint density at radius 1 is 1.20 bits per heavy atom. The van der Waals surface area contributed by atoms with E-state index in [2.05, 4.69) is 5.10 Å². The van der Waals surface area contributed by atoms with Gasteiger partial charge in [-0.1, -0.05) is 32.4 Å². The SMILES string of the molecule is CC(C)(C)c1nn(CCS(C)(=O)=O)c(Cl)c1S(=O)(=O)Cl. The molecule has 0 spiro atoms. The Balaban J connectivity index is 3.42. The van der Waals surface area contributed by atoms with Gasteiger partial charge >= 0.3 is 0 Å². The van der Waals surface area contributed by atoms with Crippen LogP contribution >= 0.6 is 22.3 Å². The molecule has 0 aliphatic heterocycles. The molecule has 0 atom stereocenters. The third-order valence-electron chi connectivity index (χ3n) is 2.48. The molecule has 0 bridgehead atoms. The maximum atomic E-state index is 11.6. The van der Waals surface area contributed by atoms with Gasteiger partial charge in [-0.25, -0.2) is 16.8 Å². The van der Waals surface area contributed by atoms with Crippen LogP contribution in [0.15, 0.2) is 4.90 Å². The van der Waals surface area contributed by atoms with E-state index in [-0.39, 0.29) is 28.0 Å². The van der Waals surface area contributed by atoms with Crippen molar-refractivity contribution in [2.75, 3.05) is 12.0 Å². The van der Waals surface area contributed by atoms with E-state index in [1.165, 1.54) is 0 Å². The van der Waals surface area contributed by atoms with Crippen molar-refractivity contribution in [2.24, 2.45) is 0 Å². The van der Waals surface area contributed by atoms with Crippen LogP contribution in [0.4, 0.5) is 0 Å². The number of hydrogen-bond acceptors (Lipinski definition) is 5. The van der Waals surface area contributed by atoms with Crippen molar-refractivity contribution in [1.82, 2.24) is 9.78 Å². The van der Waals surface area contributed by atoms with Gasteiger partial charge in [0.15, 0.2) is 0 Å². The van der Waals surface area contributed by atoms with E-state index in [1.54, 1.807) is 20.8 Å². The third-order valence-corrected chi connectivity index (χ3v) is 5.24. The van der Waals surface area contributed by atoms with Gasteiger partial charge in [-0.05, 0) is 0 Å². The zero-order valence-electron chi connectivity index (χ0n) is 11.5. The van der Waals surface area contributed by atoms with Gasteiger partial charge in [0.25, 0.3) is 9.05 Å². The van der Waals surface area contributed by atoms with Gasteiger partial charge in [-0.3, -0.25) is 4.68 Å². The molecule has 0 amide bonds. The second kappa shape index (κ2) is 5.47. The summed E-state index contributed by atoms with van der Waals surface area (Å²) in [4.78, 5) is -0.262. The van der Waals surface area contributed by atoms with Crippen molar-refractivity contribution in [2.45, 2.75) is 37.6 Å². The molecule has 20 heavy (non-hydrogen) atoms. The molecule has 116 valence electrons. The first-order valence-corrected chi connectivity index (χ1v) is 10.4. The lowest BCUT2D eigenvalue weighted by Gasteiger charge is -2.16. The number of halogens is 2. The molecule has 0 aromatic carbocycles. The summed E-state index contributed by atoms with van der Waals surface area (Å²) >= 11 is 5.99. The smallest absolute Gasteiger partial charge is 0.251 e. The Morgan fingerprint density at radius 3 is 2.00 bits per heavy atom. The Morgan fingerprint density at radius 2 is 1.70 bits per heavy atom. The molecule has 1 aromatic rings. The molecule has 0 fully saturated rings. The fourth-order valence-corrected chi connectivity index (χ4v) is 3.99. The molecule has 0 aliphatic rings. The molecule has 0 unspecified atom stereocenters. The van der Waals surface area contributed by atoms with Crippen molar-refractivity contribution in [3.05, 3.63) is 10.8 Å². The van der Waals surface area contributed by atoms with Gasteiger partial charge in [-0.15, -0.1) is 0 Å². The zero-order valence-corrected chi connectivity index (χ0v) is 14.7. The molecular weight excluding hydrogens is 347 g/mol. The molecular formula is C10H16Cl2N2O4S2. The van der Waals surface area contributed by atoms with Crippen LogP contribution in [0.25, 0.3) is 0 Å². The van der Waals surface area contributed by atoms with Gasteiger partial charge in [0.2, 0.25) is 0 Å². The predicted molar refractivity (Wildman–Crippen MR) is 78.7 cm³/mol. The highest BCUT2D eigenvalue weighted by Gasteiger charge is 2.32. The molecule has 1 rings (SSSR count). The van der Waals surface area contributed by atoms with E-state index in [1.807, 2.05) is 0 Å². The summed E-state index contributed by atoms with van der Waals surface area (Å²) in [5, 5.41) is 3.93. The van der Waals surface area contributed by atoms with Crippen molar-refractivity contribution >= 4 is 41.2 Å². The summed E-state index contributed by atoms with van der Waals surface area (Å²) in [6.07, 6.45) is 1.08. The minimum absolute atomic E-state index is 0.0346. The second-order valence-corrected chi connectivity index (χ2v) is 10.6. The van der Waals surface area contributed by atoms with Crippen LogP contribution in [-0.4, -0.2) is 38.6 Å². The minimum Gasteiger partial charge on any atom is -0.251 e. The first-order chi connectivity index (χ1) is 8.73. The van der Waals surface area contributed by atoms with E-state index < -0.39 is 24.3 Å². The maximum absolute atomic E-state index is 11.6. The second-order valence-electron chi connectivity index (χ2n) is 5.51. The monoisotopic (exact) mass is 362 g/mol. The number of aryl methyl sites for hydroxylation is 1. The molecule has 0 saturated carbocycles. The van der Waals surface area contributed by atoms with Crippen LogP contribution in [0.3, 0.4) is 0 Å². The average molecular weight is 363 g/mol. The normalized spacial score (nSPS) is 13.7.